The van der Waals surface area contributed by atoms with Crippen molar-refractivity contribution in [3.63, 3.8) is 0 Å². The average Bonchev–Trinajstić information content (AvgIpc) is 2.46. The van der Waals surface area contributed by atoms with Crippen LogP contribution in [0.5, 0.6) is 0 Å². The molecule has 4 heteroatoms. The zero-order chi connectivity index (χ0) is 15.9. The number of rotatable bonds is 9. The molecule has 0 spiro atoms. The minimum absolute atomic E-state index is 0.268. The highest BCUT2D eigenvalue weighted by atomic mass is 16.4. The molecule has 118 valence electrons. The lowest BCUT2D eigenvalue weighted by atomic mass is 9.57. The summed E-state index contributed by atoms with van der Waals surface area (Å²) in [6.45, 7) is 3.87. The molecule has 4 nitrogen and oxygen atoms in total. The van der Waals surface area contributed by atoms with E-state index in [0.29, 0.717) is 6.42 Å². The molecule has 0 aromatic rings. The maximum absolute atomic E-state index is 11.9. The summed E-state index contributed by atoms with van der Waals surface area (Å²) in [5.74, 6) is -2.09. The van der Waals surface area contributed by atoms with Gasteiger partial charge in [0.05, 0.1) is 0 Å². The molecule has 0 heterocycles. The molecule has 0 radical (unpaired) electrons. The summed E-state index contributed by atoms with van der Waals surface area (Å²) >= 11 is 0. The fraction of sp³-hybridized carbons (Fsp3) is 0.647. The largest absolute Gasteiger partial charge is 0.481 e. The molecule has 2 atom stereocenters. The Bertz CT molecular complexity index is 438. The van der Waals surface area contributed by atoms with E-state index < -0.39 is 22.8 Å². The van der Waals surface area contributed by atoms with Gasteiger partial charge in [0.2, 0.25) is 0 Å². The fourth-order valence-electron chi connectivity index (χ4n) is 3.27. The summed E-state index contributed by atoms with van der Waals surface area (Å²) in [7, 11) is 0. The highest BCUT2D eigenvalue weighted by Crippen LogP contribution is 2.50. The second kappa shape index (κ2) is 7.43. The van der Waals surface area contributed by atoms with Crippen molar-refractivity contribution >= 4 is 11.9 Å². The van der Waals surface area contributed by atoms with Crippen LogP contribution in [0.15, 0.2) is 24.3 Å². The van der Waals surface area contributed by atoms with Gasteiger partial charge in [0.25, 0.3) is 0 Å². The molecular weight excluding hydrogens is 268 g/mol. The Morgan fingerprint density at radius 3 is 1.86 bits per heavy atom. The number of carboxylic acids is 2. The molecular formula is C17H26O4. The zero-order valence-electron chi connectivity index (χ0n) is 13.0. The smallest absolute Gasteiger partial charge is 0.315 e. The van der Waals surface area contributed by atoms with Crippen LogP contribution < -0.4 is 0 Å². The van der Waals surface area contributed by atoms with Crippen molar-refractivity contribution in [2.45, 2.75) is 58.8 Å². The SMILES string of the molecule is CCCCCCCC1(C(=O)O)C=CC=CC1(CC)C(=O)O. The Labute approximate surface area is 126 Å². The predicted octanol–water partition coefficient (Wildman–Crippen LogP) is 4.02. The number of aliphatic carboxylic acids is 2. The molecule has 1 aliphatic rings. The van der Waals surface area contributed by atoms with Gasteiger partial charge in [0, 0.05) is 0 Å². The molecule has 0 fully saturated rings. The van der Waals surface area contributed by atoms with E-state index in [4.69, 9.17) is 0 Å². The predicted molar refractivity (Wildman–Crippen MR) is 82.1 cm³/mol. The van der Waals surface area contributed by atoms with Gasteiger partial charge in [-0.3, -0.25) is 9.59 Å². The third kappa shape index (κ3) is 3.20. The van der Waals surface area contributed by atoms with Gasteiger partial charge in [-0.05, 0) is 12.8 Å². The molecule has 1 aliphatic carbocycles. The maximum Gasteiger partial charge on any atom is 0.315 e. The maximum atomic E-state index is 11.9. The number of carboxylic acid groups (broad SMARTS) is 2. The van der Waals surface area contributed by atoms with Crippen molar-refractivity contribution in [3.05, 3.63) is 24.3 Å². The minimum atomic E-state index is -1.35. The molecule has 1 rings (SSSR count). The first-order valence-electron chi connectivity index (χ1n) is 7.80. The first kappa shape index (κ1) is 17.5. The van der Waals surface area contributed by atoms with Gasteiger partial charge >= 0.3 is 11.9 Å². The first-order valence-corrected chi connectivity index (χ1v) is 7.80. The van der Waals surface area contributed by atoms with Crippen molar-refractivity contribution in [1.82, 2.24) is 0 Å². The normalized spacial score (nSPS) is 27.7. The number of allylic oxidation sites excluding steroid dienone is 2. The molecule has 0 aliphatic heterocycles. The number of hydrogen-bond donors (Lipinski definition) is 2. The molecule has 21 heavy (non-hydrogen) atoms. The van der Waals surface area contributed by atoms with Crippen molar-refractivity contribution in [2.75, 3.05) is 0 Å². The Hall–Kier alpha value is -1.58. The monoisotopic (exact) mass is 294 g/mol. The molecule has 2 N–H and O–H groups in total. The third-order valence-electron chi connectivity index (χ3n) is 4.66. The van der Waals surface area contributed by atoms with Crippen LogP contribution in [0.3, 0.4) is 0 Å². The van der Waals surface area contributed by atoms with Gasteiger partial charge in [0.1, 0.15) is 10.8 Å². The van der Waals surface area contributed by atoms with Gasteiger partial charge in [-0.1, -0.05) is 70.3 Å². The Morgan fingerprint density at radius 2 is 1.38 bits per heavy atom. The molecule has 2 unspecified atom stereocenters. The Kier molecular flexibility index (Phi) is 6.19. The van der Waals surface area contributed by atoms with Crippen molar-refractivity contribution in [3.8, 4) is 0 Å². The first-order chi connectivity index (χ1) is 9.97. The van der Waals surface area contributed by atoms with E-state index in [2.05, 4.69) is 6.92 Å². The summed E-state index contributed by atoms with van der Waals surface area (Å²) in [5, 5.41) is 19.4. The molecule has 0 amide bonds. The van der Waals surface area contributed by atoms with Crippen molar-refractivity contribution in [2.24, 2.45) is 10.8 Å². The van der Waals surface area contributed by atoms with Crippen LogP contribution in [0, 0.1) is 10.8 Å². The van der Waals surface area contributed by atoms with Gasteiger partial charge in [0.15, 0.2) is 0 Å². The third-order valence-corrected chi connectivity index (χ3v) is 4.66. The van der Waals surface area contributed by atoms with Crippen LogP contribution in [0.2, 0.25) is 0 Å². The average molecular weight is 294 g/mol. The zero-order valence-corrected chi connectivity index (χ0v) is 13.0. The van der Waals surface area contributed by atoms with Gasteiger partial charge in [-0.15, -0.1) is 0 Å². The van der Waals surface area contributed by atoms with Crippen LogP contribution in [0.4, 0.5) is 0 Å². The Morgan fingerprint density at radius 1 is 0.857 bits per heavy atom. The van der Waals surface area contributed by atoms with E-state index in [0.717, 1.165) is 32.1 Å². The minimum Gasteiger partial charge on any atom is -0.481 e. The number of hydrogen-bond acceptors (Lipinski definition) is 2. The van der Waals surface area contributed by atoms with E-state index in [1.165, 1.54) is 0 Å². The lowest BCUT2D eigenvalue weighted by Crippen LogP contribution is -2.51. The Balaban J connectivity index is 3.00. The number of unbranched alkanes of at least 4 members (excludes halogenated alkanes) is 4. The van der Waals surface area contributed by atoms with E-state index in [1.54, 1.807) is 31.2 Å². The molecule has 0 bridgehead atoms. The summed E-state index contributed by atoms with van der Waals surface area (Å²) in [6.07, 6.45) is 12.1. The second-order valence-corrected chi connectivity index (χ2v) is 5.79. The molecule has 0 aromatic heterocycles. The van der Waals surface area contributed by atoms with E-state index >= 15 is 0 Å². The lowest BCUT2D eigenvalue weighted by molar-refractivity contribution is -0.166. The lowest BCUT2D eigenvalue weighted by Gasteiger charge is -2.42. The molecule has 0 saturated heterocycles. The van der Waals surface area contributed by atoms with Crippen LogP contribution in [-0.2, 0) is 9.59 Å². The molecule has 0 aromatic carbocycles. The fourth-order valence-corrected chi connectivity index (χ4v) is 3.27. The van der Waals surface area contributed by atoms with Crippen LogP contribution in [0.25, 0.3) is 0 Å². The quantitative estimate of drug-likeness (QED) is 0.630. The summed E-state index contributed by atoms with van der Waals surface area (Å²) in [6, 6.07) is 0. The standard InChI is InChI=1S/C17H26O4/c1-3-5-6-7-8-12-17(15(20)21)13-10-9-11-16(17,4-2)14(18)19/h9-11,13H,3-8,12H2,1-2H3,(H,18,19)(H,20,21). The summed E-state index contributed by atoms with van der Waals surface area (Å²) in [5.41, 5.74) is -2.69. The van der Waals surface area contributed by atoms with Gasteiger partial charge in [-0.2, -0.15) is 0 Å². The highest BCUT2D eigenvalue weighted by Gasteiger charge is 2.58. The van der Waals surface area contributed by atoms with E-state index in [1.807, 2.05) is 0 Å². The van der Waals surface area contributed by atoms with Crippen LogP contribution in [0.1, 0.15) is 58.8 Å². The van der Waals surface area contributed by atoms with Crippen molar-refractivity contribution in [1.29, 1.82) is 0 Å². The van der Waals surface area contributed by atoms with Gasteiger partial charge < -0.3 is 10.2 Å². The summed E-state index contributed by atoms with van der Waals surface area (Å²) < 4.78 is 0. The van der Waals surface area contributed by atoms with Crippen LogP contribution >= 0.6 is 0 Å². The topological polar surface area (TPSA) is 74.6 Å². The summed E-state index contributed by atoms with van der Waals surface area (Å²) in [4.78, 5) is 23.7. The van der Waals surface area contributed by atoms with Crippen molar-refractivity contribution < 1.29 is 19.8 Å². The second-order valence-electron chi connectivity index (χ2n) is 5.79. The highest BCUT2D eigenvalue weighted by molar-refractivity contribution is 5.90. The van der Waals surface area contributed by atoms with Gasteiger partial charge in [-0.25, -0.2) is 0 Å². The van der Waals surface area contributed by atoms with E-state index in [-0.39, 0.29) is 6.42 Å². The molecule has 0 saturated carbocycles. The number of carbonyl (C=O) groups is 2. The van der Waals surface area contributed by atoms with Crippen LogP contribution in [-0.4, -0.2) is 22.2 Å². The van der Waals surface area contributed by atoms with E-state index in [9.17, 15) is 19.8 Å².